The Labute approximate surface area is 127 Å². The Kier molecular flexibility index (Phi) is 5.25. The highest BCUT2D eigenvalue weighted by atomic mass is 16.5. The third-order valence-corrected chi connectivity index (χ3v) is 4.25. The fourth-order valence-electron chi connectivity index (χ4n) is 3.01. The first-order valence-corrected chi connectivity index (χ1v) is 8.06. The zero-order valence-electron chi connectivity index (χ0n) is 13.5. The Hall–Kier alpha value is -1.10. The molecule has 0 aromatic rings. The fraction of sp³-hybridized carbons (Fsp3) is 0.875. The van der Waals surface area contributed by atoms with Crippen LogP contribution in [0.2, 0.25) is 0 Å². The number of hydrogen-bond acceptors (Lipinski definition) is 3. The van der Waals surface area contributed by atoms with Gasteiger partial charge in [-0.25, -0.2) is 0 Å². The summed E-state index contributed by atoms with van der Waals surface area (Å²) in [7, 11) is 0. The third kappa shape index (κ3) is 4.43. The van der Waals surface area contributed by atoms with Gasteiger partial charge in [0.15, 0.2) is 0 Å². The lowest BCUT2D eigenvalue weighted by atomic mass is 9.91. The van der Waals surface area contributed by atoms with Crippen LogP contribution in [-0.4, -0.2) is 49.1 Å². The standard InChI is InChI=1S/C16H28N2O3/c1-16(2,3)15(20)18-8-4-6-12(11-18)14(19)17-10-13-7-5-9-21-13/h12-13H,4-11H2,1-3H3,(H,17,19)/t12-,13-/m1/s1. The Balaban J connectivity index is 1.82. The second-order valence-corrected chi connectivity index (χ2v) is 7.22. The molecule has 2 fully saturated rings. The van der Waals surface area contributed by atoms with Crippen LogP contribution in [0.1, 0.15) is 46.5 Å². The van der Waals surface area contributed by atoms with E-state index in [4.69, 9.17) is 4.74 Å². The molecule has 0 aromatic carbocycles. The number of hydrogen-bond donors (Lipinski definition) is 1. The molecule has 0 saturated carbocycles. The van der Waals surface area contributed by atoms with Gasteiger partial charge in [-0.3, -0.25) is 9.59 Å². The predicted octanol–water partition coefficient (Wildman–Crippen LogP) is 1.57. The number of ether oxygens (including phenoxy) is 1. The van der Waals surface area contributed by atoms with Gasteiger partial charge in [0, 0.05) is 31.7 Å². The minimum absolute atomic E-state index is 0.0666. The Morgan fingerprint density at radius 2 is 2.00 bits per heavy atom. The molecule has 0 radical (unpaired) electrons. The molecule has 0 aliphatic carbocycles. The molecule has 5 heteroatoms. The number of likely N-dealkylation sites (tertiary alicyclic amines) is 1. The van der Waals surface area contributed by atoms with Crippen molar-refractivity contribution in [2.24, 2.45) is 11.3 Å². The molecule has 0 aromatic heterocycles. The number of carbonyl (C=O) groups is 2. The van der Waals surface area contributed by atoms with E-state index in [9.17, 15) is 9.59 Å². The van der Waals surface area contributed by atoms with Crippen LogP contribution in [0.25, 0.3) is 0 Å². The maximum absolute atomic E-state index is 12.3. The number of nitrogens with one attached hydrogen (secondary N) is 1. The fourth-order valence-corrected chi connectivity index (χ4v) is 3.01. The van der Waals surface area contributed by atoms with Gasteiger partial charge in [-0.05, 0) is 25.7 Å². The Morgan fingerprint density at radius 1 is 1.24 bits per heavy atom. The molecular weight excluding hydrogens is 268 g/mol. The van der Waals surface area contributed by atoms with Gasteiger partial charge < -0.3 is 15.0 Å². The number of carbonyl (C=O) groups excluding carboxylic acids is 2. The zero-order valence-corrected chi connectivity index (χ0v) is 13.5. The molecule has 2 aliphatic rings. The number of nitrogens with zero attached hydrogens (tertiary/aromatic N) is 1. The summed E-state index contributed by atoms with van der Waals surface area (Å²) in [5, 5.41) is 2.99. The first-order chi connectivity index (χ1) is 9.88. The maximum atomic E-state index is 12.3. The van der Waals surface area contributed by atoms with Crippen LogP contribution in [0.4, 0.5) is 0 Å². The molecule has 2 rings (SSSR count). The molecule has 2 amide bonds. The van der Waals surface area contributed by atoms with E-state index in [1.54, 1.807) is 0 Å². The van der Waals surface area contributed by atoms with Crippen LogP contribution < -0.4 is 5.32 Å². The summed E-state index contributed by atoms with van der Waals surface area (Å²) < 4.78 is 5.52. The highest BCUT2D eigenvalue weighted by Gasteiger charge is 2.33. The van der Waals surface area contributed by atoms with Crippen LogP contribution in [0.15, 0.2) is 0 Å². The highest BCUT2D eigenvalue weighted by molar-refractivity contribution is 5.83. The van der Waals surface area contributed by atoms with Crippen molar-refractivity contribution < 1.29 is 14.3 Å². The van der Waals surface area contributed by atoms with Crippen molar-refractivity contribution in [3.63, 3.8) is 0 Å². The van der Waals surface area contributed by atoms with Crippen molar-refractivity contribution in [3.8, 4) is 0 Å². The molecule has 2 heterocycles. The predicted molar refractivity (Wildman–Crippen MR) is 80.7 cm³/mol. The van der Waals surface area contributed by atoms with Gasteiger partial charge in [0.2, 0.25) is 11.8 Å². The molecule has 120 valence electrons. The third-order valence-electron chi connectivity index (χ3n) is 4.25. The average molecular weight is 296 g/mol. The zero-order chi connectivity index (χ0) is 15.5. The molecule has 2 aliphatic heterocycles. The van der Waals surface area contributed by atoms with Gasteiger partial charge in [0.1, 0.15) is 0 Å². The number of amides is 2. The van der Waals surface area contributed by atoms with Crippen LogP contribution >= 0.6 is 0 Å². The van der Waals surface area contributed by atoms with E-state index in [2.05, 4.69) is 5.32 Å². The van der Waals surface area contributed by atoms with E-state index < -0.39 is 0 Å². The summed E-state index contributed by atoms with van der Waals surface area (Å²) in [6, 6.07) is 0. The SMILES string of the molecule is CC(C)(C)C(=O)N1CCC[C@@H](C(=O)NC[C@H]2CCCO2)C1. The molecule has 2 saturated heterocycles. The average Bonchev–Trinajstić information content (AvgIpc) is 2.96. The van der Waals surface area contributed by atoms with Gasteiger partial charge in [0.25, 0.3) is 0 Å². The van der Waals surface area contributed by atoms with E-state index in [1.165, 1.54) is 0 Å². The lowest BCUT2D eigenvalue weighted by Crippen LogP contribution is -2.49. The summed E-state index contributed by atoms with van der Waals surface area (Å²) >= 11 is 0. The summed E-state index contributed by atoms with van der Waals surface area (Å²) in [4.78, 5) is 26.4. The first-order valence-electron chi connectivity index (χ1n) is 8.06. The second-order valence-electron chi connectivity index (χ2n) is 7.22. The summed E-state index contributed by atoms with van der Waals surface area (Å²) in [6.07, 6.45) is 4.05. The van der Waals surface area contributed by atoms with Gasteiger partial charge in [-0.15, -0.1) is 0 Å². The quantitative estimate of drug-likeness (QED) is 0.860. The van der Waals surface area contributed by atoms with Crippen molar-refractivity contribution in [2.45, 2.75) is 52.6 Å². The first kappa shape index (κ1) is 16.3. The molecule has 0 spiro atoms. The second kappa shape index (κ2) is 6.77. The molecule has 1 N–H and O–H groups in total. The van der Waals surface area contributed by atoms with E-state index in [0.29, 0.717) is 13.1 Å². The summed E-state index contributed by atoms with van der Waals surface area (Å²) in [5.74, 6) is 0.127. The van der Waals surface area contributed by atoms with Crippen molar-refractivity contribution in [1.29, 1.82) is 0 Å². The van der Waals surface area contributed by atoms with Crippen molar-refractivity contribution >= 4 is 11.8 Å². The maximum Gasteiger partial charge on any atom is 0.227 e. The van der Waals surface area contributed by atoms with Gasteiger partial charge in [0.05, 0.1) is 12.0 Å². The smallest absolute Gasteiger partial charge is 0.227 e. The lowest BCUT2D eigenvalue weighted by molar-refractivity contribution is -0.142. The molecule has 0 bridgehead atoms. The van der Waals surface area contributed by atoms with E-state index in [1.807, 2.05) is 25.7 Å². The van der Waals surface area contributed by atoms with Gasteiger partial charge in [-0.1, -0.05) is 20.8 Å². The number of rotatable bonds is 3. The van der Waals surface area contributed by atoms with E-state index >= 15 is 0 Å². The van der Waals surface area contributed by atoms with E-state index in [0.717, 1.165) is 38.8 Å². The van der Waals surface area contributed by atoms with Gasteiger partial charge >= 0.3 is 0 Å². The normalized spacial score (nSPS) is 26.7. The van der Waals surface area contributed by atoms with Crippen molar-refractivity contribution in [2.75, 3.05) is 26.2 Å². The number of piperidine rings is 1. The molecule has 5 nitrogen and oxygen atoms in total. The molecular formula is C16H28N2O3. The molecule has 2 atom stereocenters. The topological polar surface area (TPSA) is 58.6 Å². The van der Waals surface area contributed by atoms with Crippen LogP contribution in [0.3, 0.4) is 0 Å². The van der Waals surface area contributed by atoms with Crippen LogP contribution in [0, 0.1) is 11.3 Å². The van der Waals surface area contributed by atoms with Crippen molar-refractivity contribution in [3.05, 3.63) is 0 Å². The monoisotopic (exact) mass is 296 g/mol. The van der Waals surface area contributed by atoms with Gasteiger partial charge in [-0.2, -0.15) is 0 Å². The Bertz CT molecular complexity index is 383. The van der Waals surface area contributed by atoms with Crippen molar-refractivity contribution in [1.82, 2.24) is 10.2 Å². The lowest BCUT2D eigenvalue weighted by Gasteiger charge is -2.36. The van der Waals surface area contributed by atoms with E-state index in [-0.39, 0.29) is 29.3 Å². The molecule has 21 heavy (non-hydrogen) atoms. The minimum atomic E-state index is -0.379. The largest absolute Gasteiger partial charge is 0.376 e. The summed E-state index contributed by atoms with van der Waals surface area (Å²) in [6.45, 7) is 8.50. The van der Waals surface area contributed by atoms with Crippen LogP contribution in [-0.2, 0) is 14.3 Å². The Morgan fingerprint density at radius 3 is 2.62 bits per heavy atom. The molecule has 0 unspecified atom stereocenters. The van der Waals surface area contributed by atoms with Crippen LogP contribution in [0.5, 0.6) is 0 Å². The highest BCUT2D eigenvalue weighted by Crippen LogP contribution is 2.23. The minimum Gasteiger partial charge on any atom is -0.376 e. The summed E-state index contributed by atoms with van der Waals surface area (Å²) in [5.41, 5.74) is -0.379.